The molecule has 15 heavy (non-hydrogen) atoms. The molecule has 0 aliphatic heterocycles. The molecule has 1 heterocycles. The topological polar surface area (TPSA) is 160 Å². The predicted octanol–water partition coefficient (Wildman–Crippen LogP) is -1.32. The van der Waals surface area contributed by atoms with Crippen molar-refractivity contribution in [1.82, 2.24) is 14.8 Å². The van der Waals surface area contributed by atoms with Crippen molar-refractivity contribution in [3.8, 4) is 0 Å². The second kappa shape index (κ2) is 3.24. The lowest BCUT2D eigenvalue weighted by molar-refractivity contribution is -1.01. The largest absolute Gasteiger partial charge is 0.822 e. The molecule has 12 nitrogen and oxygen atoms in total. The van der Waals surface area contributed by atoms with E-state index in [1.807, 2.05) is 0 Å². The molecular weight excluding hydrogens is 216 g/mol. The Bertz CT molecular complexity index is 374. The highest BCUT2D eigenvalue weighted by Crippen LogP contribution is 2.17. The molecule has 0 aliphatic carbocycles. The van der Waals surface area contributed by atoms with Gasteiger partial charge in [-0.05, 0) is 4.68 Å². The summed E-state index contributed by atoms with van der Waals surface area (Å²) < 4.78 is -0.0486. The molecule has 0 spiro atoms. The summed E-state index contributed by atoms with van der Waals surface area (Å²) in [5, 5.41) is 34.3. The molecule has 0 unspecified atom stereocenters. The van der Waals surface area contributed by atoms with Gasteiger partial charge in [0.25, 0.3) is 0 Å². The summed E-state index contributed by atoms with van der Waals surface area (Å²) in [5.74, 6) is -3.77. The Morgan fingerprint density at radius 3 is 1.80 bits per heavy atom. The lowest BCUT2D eigenvalue weighted by Gasteiger charge is -2.06. The molecule has 1 aromatic heterocycles. The Kier molecular flexibility index (Phi) is 2.25. The van der Waals surface area contributed by atoms with Crippen LogP contribution in [0.15, 0.2) is 12.7 Å². The van der Waals surface area contributed by atoms with Crippen LogP contribution in [0.2, 0.25) is 0 Å². The number of aromatic nitrogens is 3. The van der Waals surface area contributed by atoms with Gasteiger partial charge in [0.1, 0.15) is 12.7 Å². The van der Waals surface area contributed by atoms with E-state index < -0.39 is 20.7 Å². The van der Waals surface area contributed by atoms with Crippen molar-refractivity contribution in [2.75, 3.05) is 0 Å². The molecule has 0 amide bonds. The Morgan fingerprint density at radius 1 is 1.07 bits per heavy atom. The van der Waals surface area contributed by atoms with Crippen molar-refractivity contribution in [3.05, 3.63) is 43.0 Å². The zero-order valence-corrected chi connectivity index (χ0v) is 6.79. The average molecular weight is 218 g/mol. The molecule has 1 rings (SSSR count). The number of nitrogens with zero attached hydrogens (tertiary/aromatic N) is 6. The van der Waals surface area contributed by atoms with E-state index in [-0.39, 0.29) is 4.68 Å². The van der Waals surface area contributed by atoms with Crippen molar-refractivity contribution in [2.45, 2.75) is 5.91 Å². The third-order valence-electron chi connectivity index (χ3n) is 1.46. The molecule has 0 aliphatic rings. The molecule has 0 radical (unpaired) electrons. The fraction of sp³-hybridized carbons (Fsp3) is 0.333. The van der Waals surface area contributed by atoms with Crippen molar-refractivity contribution < 1.29 is 14.8 Å². The summed E-state index contributed by atoms with van der Waals surface area (Å²) in [6.07, 6.45) is 1.24. The third-order valence-corrected chi connectivity index (χ3v) is 1.46. The lowest BCUT2D eigenvalue weighted by atomic mass is 10.7. The summed E-state index contributed by atoms with van der Waals surface area (Å²) in [7, 11) is 0. The minimum atomic E-state index is -3.77. The molecule has 80 valence electrons. The third kappa shape index (κ3) is 1.23. The highest BCUT2D eigenvalue weighted by molar-refractivity contribution is 4.59. The normalized spacial score (nSPS) is 10.9. The van der Waals surface area contributed by atoms with Crippen molar-refractivity contribution in [3.63, 3.8) is 0 Å². The molecule has 0 fully saturated rings. The number of hydrogen-bond acceptors (Lipinski definition) is 8. The van der Waals surface area contributed by atoms with E-state index in [4.69, 9.17) is 0 Å². The molecule has 0 saturated carbocycles. The molecule has 0 bridgehead atoms. The van der Waals surface area contributed by atoms with Crippen LogP contribution in [0.25, 0.3) is 0 Å². The van der Waals surface area contributed by atoms with Gasteiger partial charge in [0, 0.05) is 0 Å². The minimum absolute atomic E-state index is 0.0486. The van der Waals surface area contributed by atoms with Crippen LogP contribution in [0.1, 0.15) is 0 Å². The first-order chi connectivity index (χ1) is 6.94. The van der Waals surface area contributed by atoms with Gasteiger partial charge in [0.05, 0.1) is 0 Å². The maximum Gasteiger partial charge on any atom is 0.822 e. The van der Waals surface area contributed by atoms with Crippen LogP contribution in [0.4, 0.5) is 0 Å². The van der Waals surface area contributed by atoms with Gasteiger partial charge in [0.15, 0.2) is 0 Å². The minimum Gasteiger partial charge on any atom is -0.251 e. The predicted molar refractivity (Wildman–Crippen MR) is 39.0 cm³/mol. The van der Waals surface area contributed by atoms with Crippen molar-refractivity contribution in [2.24, 2.45) is 0 Å². The van der Waals surface area contributed by atoms with Crippen molar-refractivity contribution in [1.29, 1.82) is 0 Å². The Hall–Kier alpha value is -2.66. The first-order valence-electron chi connectivity index (χ1n) is 3.22. The maximum atomic E-state index is 10.4. The van der Waals surface area contributed by atoms with Gasteiger partial charge >= 0.3 is 5.91 Å². The smallest absolute Gasteiger partial charge is 0.251 e. The zero-order chi connectivity index (χ0) is 11.6. The molecule has 0 aromatic carbocycles. The Labute approximate surface area is 79.6 Å². The van der Waals surface area contributed by atoms with Crippen LogP contribution in [-0.4, -0.2) is 29.5 Å². The van der Waals surface area contributed by atoms with E-state index in [1.54, 1.807) is 0 Å². The van der Waals surface area contributed by atoms with E-state index in [9.17, 15) is 30.3 Å². The second-order valence-corrected chi connectivity index (χ2v) is 2.21. The Morgan fingerprint density at radius 2 is 1.53 bits per heavy atom. The first-order valence-corrected chi connectivity index (χ1v) is 3.22. The summed E-state index contributed by atoms with van der Waals surface area (Å²) >= 11 is 0. The van der Waals surface area contributed by atoms with Crippen LogP contribution in [0.3, 0.4) is 0 Å². The van der Waals surface area contributed by atoms with Gasteiger partial charge in [0.2, 0.25) is 14.8 Å². The molecular formula is C3H2N6O6. The summed E-state index contributed by atoms with van der Waals surface area (Å²) in [6.45, 7) is 0. The van der Waals surface area contributed by atoms with Crippen LogP contribution >= 0.6 is 0 Å². The average Bonchev–Trinajstić information content (AvgIpc) is 2.55. The molecule has 1 aromatic rings. The number of hydrogen-bond donors (Lipinski definition) is 0. The van der Waals surface area contributed by atoms with Gasteiger partial charge in [-0.2, -0.15) is 0 Å². The van der Waals surface area contributed by atoms with E-state index in [0.717, 1.165) is 0 Å². The molecule has 0 N–H and O–H groups in total. The molecule has 12 heteroatoms. The summed E-state index contributed by atoms with van der Waals surface area (Å²) in [6, 6.07) is 0. The van der Waals surface area contributed by atoms with E-state index in [1.165, 1.54) is 0 Å². The second-order valence-electron chi connectivity index (χ2n) is 2.21. The van der Waals surface area contributed by atoms with Crippen LogP contribution < -0.4 is 0 Å². The van der Waals surface area contributed by atoms with E-state index in [0.29, 0.717) is 12.7 Å². The van der Waals surface area contributed by atoms with Crippen LogP contribution in [0, 0.1) is 30.3 Å². The number of nitro groups is 3. The maximum absolute atomic E-state index is 10.4. The van der Waals surface area contributed by atoms with Gasteiger partial charge < -0.3 is 0 Å². The zero-order valence-electron chi connectivity index (χ0n) is 6.79. The highest BCUT2D eigenvalue weighted by Gasteiger charge is 2.75. The molecule has 0 atom stereocenters. The fourth-order valence-electron chi connectivity index (χ4n) is 0.814. The summed E-state index contributed by atoms with van der Waals surface area (Å²) in [5.41, 5.74) is 0. The van der Waals surface area contributed by atoms with E-state index >= 15 is 0 Å². The molecule has 0 saturated heterocycles. The van der Waals surface area contributed by atoms with Gasteiger partial charge in [-0.1, -0.05) is 0 Å². The van der Waals surface area contributed by atoms with Gasteiger partial charge in [-0.3, -0.25) is 30.3 Å². The SMILES string of the molecule is O=[N+]([O-])C(n1cncn1)([N+](=O)[O-])[N+](=O)[O-]. The first kappa shape index (κ1) is 10.4. The van der Waals surface area contributed by atoms with E-state index in [2.05, 4.69) is 10.1 Å². The van der Waals surface area contributed by atoms with Gasteiger partial charge in [-0.15, -0.1) is 5.10 Å². The fourth-order valence-corrected chi connectivity index (χ4v) is 0.814. The summed E-state index contributed by atoms with van der Waals surface area (Å²) in [4.78, 5) is 29.5. The quantitative estimate of drug-likeness (QED) is 0.341. The Balaban J connectivity index is 3.47. The monoisotopic (exact) mass is 218 g/mol. The van der Waals surface area contributed by atoms with Crippen LogP contribution in [-0.2, 0) is 5.91 Å². The van der Waals surface area contributed by atoms with Crippen LogP contribution in [0.5, 0.6) is 0 Å². The van der Waals surface area contributed by atoms with Gasteiger partial charge in [-0.25, -0.2) is 4.98 Å². The lowest BCUT2D eigenvalue weighted by Crippen LogP contribution is -2.55. The van der Waals surface area contributed by atoms with Crippen molar-refractivity contribution >= 4 is 0 Å². The highest BCUT2D eigenvalue weighted by atomic mass is 16.7. The number of rotatable bonds is 4. The standard InChI is InChI=1S/C3H2N6O6/c10-7(11)3(8(12)13,9(14)15)6-2-4-1-5-6/h1-2H.